The summed E-state index contributed by atoms with van der Waals surface area (Å²) in [5.41, 5.74) is 0. The van der Waals surface area contributed by atoms with Gasteiger partial charge in [-0.1, -0.05) is 0 Å². The van der Waals surface area contributed by atoms with Gasteiger partial charge < -0.3 is 10.6 Å². The second-order valence-electron chi connectivity index (χ2n) is 2.92. The molecule has 0 spiro atoms. The van der Waals surface area contributed by atoms with E-state index < -0.39 is 0 Å². The first kappa shape index (κ1) is 8.85. The van der Waals surface area contributed by atoms with E-state index in [-0.39, 0.29) is 0 Å². The Balaban J connectivity index is 2.05. The monoisotopic (exact) mass is 166 g/mol. The molecule has 4 heteroatoms. The van der Waals surface area contributed by atoms with Crippen molar-refractivity contribution >= 4 is 5.96 Å². The van der Waals surface area contributed by atoms with Gasteiger partial charge in [0.15, 0.2) is 5.96 Å². The maximum absolute atomic E-state index is 8.28. The number of nitriles is 1. The van der Waals surface area contributed by atoms with Crippen molar-refractivity contribution in [3.63, 3.8) is 0 Å². The standard InChI is InChI=1S/C8H14N4/c1-7-6-11-8(12-7)10-5-3-2-4-9/h7H,2-3,5-6H2,1H3,(H2,10,11,12). The number of hydrogen-bond donors (Lipinski definition) is 2. The minimum absolute atomic E-state index is 0.448. The molecule has 0 saturated heterocycles. The predicted octanol–water partition coefficient (Wildman–Crippen LogP) is 0.227. The SMILES string of the molecule is CC1CN=C(NCCCC#N)N1. The van der Waals surface area contributed by atoms with E-state index >= 15 is 0 Å². The van der Waals surface area contributed by atoms with Crippen molar-refractivity contribution in [1.82, 2.24) is 10.6 Å². The third-order valence-corrected chi connectivity index (χ3v) is 1.66. The summed E-state index contributed by atoms with van der Waals surface area (Å²) in [6.07, 6.45) is 1.49. The van der Waals surface area contributed by atoms with Crippen LogP contribution in [0.2, 0.25) is 0 Å². The van der Waals surface area contributed by atoms with Crippen LogP contribution in [0, 0.1) is 11.3 Å². The third-order valence-electron chi connectivity index (χ3n) is 1.66. The Morgan fingerprint density at radius 2 is 2.67 bits per heavy atom. The van der Waals surface area contributed by atoms with E-state index in [1.54, 1.807) is 0 Å². The lowest BCUT2D eigenvalue weighted by Crippen LogP contribution is -2.37. The van der Waals surface area contributed by atoms with Gasteiger partial charge in [0.25, 0.3) is 0 Å². The van der Waals surface area contributed by atoms with Crippen molar-refractivity contribution in [1.29, 1.82) is 5.26 Å². The number of nitrogens with zero attached hydrogens (tertiary/aromatic N) is 2. The maximum Gasteiger partial charge on any atom is 0.191 e. The zero-order chi connectivity index (χ0) is 8.81. The summed E-state index contributed by atoms with van der Waals surface area (Å²) < 4.78 is 0. The van der Waals surface area contributed by atoms with Gasteiger partial charge in [-0.05, 0) is 13.3 Å². The fourth-order valence-corrected chi connectivity index (χ4v) is 1.03. The Kier molecular flexibility index (Phi) is 3.39. The number of aliphatic imine (C=N–C) groups is 1. The predicted molar refractivity (Wildman–Crippen MR) is 47.7 cm³/mol. The molecule has 1 heterocycles. The van der Waals surface area contributed by atoms with Gasteiger partial charge in [-0.15, -0.1) is 0 Å². The number of hydrogen-bond acceptors (Lipinski definition) is 4. The summed E-state index contributed by atoms with van der Waals surface area (Å²) in [4.78, 5) is 4.23. The molecule has 0 aliphatic carbocycles. The van der Waals surface area contributed by atoms with Crippen molar-refractivity contribution < 1.29 is 0 Å². The zero-order valence-corrected chi connectivity index (χ0v) is 7.30. The summed E-state index contributed by atoms with van der Waals surface area (Å²) in [5.74, 6) is 0.875. The molecule has 0 fully saturated rings. The van der Waals surface area contributed by atoms with E-state index in [2.05, 4.69) is 28.6 Å². The Labute approximate surface area is 72.7 Å². The molecule has 12 heavy (non-hydrogen) atoms. The second-order valence-corrected chi connectivity index (χ2v) is 2.92. The molecule has 2 N–H and O–H groups in total. The van der Waals surface area contributed by atoms with E-state index in [1.165, 1.54) is 0 Å². The van der Waals surface area contributed by atoms with Crippen molar-refractivity contribution in [2.75, 3.05) is 13.1 Å². The van der Waals surface area contributed by atoms with Gasteiger partial charge in [-0.25, -0.2) is 0 Å². The van der Waals surface area contributed by atoms with Crippen LogP contribution in [0.5, 0.6) is 0 Å². The number of unbranched alkanes of at least 4 members (excludes halogenated alkanes) is 1. The minimum atomic E-state index is 0.448. The molecule has 0 amide bonds. The zero-order valence-electron chi connectivity index (χ0n) is 7.30. The van der Waals surface area contributed by atoms with Gasteiger partial charge in [0.1, 0.15) is 0 Å². The summed E-state index contributed by atoms with van der Waals surface area (Å²) in [5, 5.41) is 14.6. The van der Waals surface area contributed by atoms with E-state index in [1.807, 2.05) is 0 Å². The topological polar surface area (TPSA) is 60.2 Å². The lowest BCUT2D eigenvalue weighted by atomic mass is 10.3. The van der Waals surface area contributed by atoms with Gasteiger partial charge >= 0.3 is 0 Å². The molecular weight excluding hydrogens is 152 g/mol. The number of rotatable bonds is 3. The molecule has 4 nitrogen and oxygen atoms in total. The molecule has 0 radical (unpaired) electrons. The Hall–Kier alpha value is -1.24. The molecule has 1 unspecified atom stereocenters. The molecule has 0 bridgehead atoms. The van der Waals surface area contributed by atoms with Crippen molar-refractivity contribution in [2.45, 2.75) is 25.8 Å². The average molecular weight is 166 g/mol. The Bertz CT molecular complexity index is 204. The van der Waals surface area contributed by atoms with E-state index in [9.17, 15) is 0 Å². The van der Waals surface area contributed by atoms with Crippen LogP contribution in [0.25, 0.3) is 0 Å². The van der Waals surface area contributed by atoms with Crippen LogP contribution in [0.3, 0.4) is 0 Å². The van der Waals surface area contributed by atoms with Crippen molar-refractivity contribution in [2.24, 2.45) is 4.99 Å². The van der Waals surface area contributed by atoms with Crippen LogP contribution in [-0.2, 0) is 0 Å². The fraction of sp³-hybridized carbons (Fsp3) is 0.750. The Morgan fingerprint density at radius 1 is 1.83 bits per heavy atom. The Morgan fingerprint density at radius 3 is 3.25 bits per heavy atom. The molecule has 1 atom stereocenters. The fourth-order valence-electron chi connectivity index (χ4n) is 1.03. The van der Waals surface area contributed by atoms with Crippen LogP contribution >= 0.6 is 0 Å². The van der Waals surface area contributed by atoms with Gasteiger partial charge in [-0.2, -0.15) is 5.26 Å². The van der Waals surface area contributed by atoms with Crippen LogP contribution in [0.4, 0.5) is 0 Å². The molecule has 1 aliphatic rings. The van der Waals surface area contributed by atoms with Crippen molar-refractivity contribution in [3.8, 4) is 6.07 Å². The molecular formula is C8H14N4. The van der Waals surface area contributed by atoms with Gasteiger partial charge in [0, 0.05) is 19.0 Å². The summed E-state index contributed by atoms with van der Waals surface area (Å²) >= 11 is 0. The van der Waals surface area contributed by atoms with Crippen LogP contribution in [0.1, 0.15) is 19.8 Å². The molecule has 0 saturated carbocycles. The normalized spacial score (nSPS) is 21.0. The maximum atomic E-state index is 8.28. The van der Waals surface area contributed by atoms with Crippen molar-refractivity contribution in [3.05, 3.63) is 0 Å². The molecule has 1 rings (SSSR count). The van der Waals surface area contributed by atoms with Gasteiger partial charge in [0.05, 0.1) is 12.6 Å². The largest absolute Gasteiger partial charge is 0.356 e. The first-order valence-corrected chi connectivity index (χ1v) is 4.24. The summed E-state index contributed by atoms with van der Waals surface area (Å²) in [6.45, 7) is 3.76. The molecule has 66 valence electrons. The first-order chi connectivity index (χ1) is 5.83. The van der Waals surface area contributed by atoms with E-state index in [0.717, 1.165) is 25.5 Å². The lowest BCUT2D eigenvalue weighted by molar-refractivity contribution is 0.707. The van der Waals surface area contributed by atoms with Crippen LogP contribution in [-0.4, -0.2) is 25.1 Å². The molecule has 0 aromatic rings. The quantitative estimate of drug-likeness (QED) is 0.590. The number of guanidine groups is 1. The highest BCUT2D eigenvalue weighted by molar-refractivity contribution is 5.81. The summed E-state index contributed by atoms with van der Waals surface area (Å²) in [6, 6.07) is 2.55. The van der Waals surface area contributed by atoms with E-state index in [0.29, 0.717) is 12.5 Å². The van der Waals surface area contributed by atoms with Crippen LogP contribution < -0.4 is 10.6 Å². The highest BCUT2D eigenvalue weighted by atomic mass is 15.2. The van der Waals surface area contributed by atoms with E-state index in [4.69, 9.17) is 5.26 Å². The highest BCUT2D eigenvalue weighted by Gasteiger charge is 2.10. The smallest absolute Gasteiger partial charge is 0.191 e. The molecule has 0 aromatic heterocycles. The van der Waals surface area contributed by atoms with Gasteiger partial charge in [0.2, 0.25) is 0 Å². The number of nitrogens with one attached hydrogen (secondary N) is 2. The highest BCUT2D eigenvalue weighted by Crippen LogP contribution is 1.92. The third kappa shape index (κ3) is 2.79. The average Bonchev–Trinajstić information content (AvgIpc) is 2.45. The first-order valence-electron chi connectivity index (χ1n) is 4.24. The molecule has 0 aromatic carbocycles. The van der Waals surface area contributed by atoms with Gasteiger partial charge in [-0.3, -0.25) is 4.99 Å². The van der Waals surface area contributed by atoms with Crippen LogP contribution in [0.15, 0.2) is 4.99 Å². The lowest BCUT2D eigenvalue weighted by Gasteiger charge is -2.06. The second kappa shape index (κ2) is 4.60. The summed E-state index contributed by atoms with van der Waals surface area (Å²) in [7, 11) is 0. The molecule has 1 aliphatic heterocycles. The minimum Gasteiger partial charge on any atom is -0.356 e.